The van der Waals surface area contributed by atoms with Gasteiger partial charge in [-0.25, -0.2) is 14.4 Å². The summed E-state index contributed by atoms with van der Waals surface area (Å²) in [5.74, 6) is 1.11. The summed E-state index contributed by atoms with van der Waals surface area (Å²) < 4.78 is 24.6. The van der Waals surface area contributed by atoms with Gasteiger partial charge in [-0.3, -0.25) is 4.79 Å². The van der Waals surface area contributed by atoms with Crippen LogP contribution in [0.4, 0.5) is 10.2 Å². The maximum absolute atomic E-state index is 13.9. The van der Waals surface area contributed by atoms with E-state index in [2.05, 4.69) is 15.3 Å². The molecular formula is C27H26FN3O3. The molecule has 0 unspecified atom stereocenters. The van der Waals surface area contributed by atoms with Crippen molar-refractivity contribution < 1.29 is 18.7 Å². The summed E-state index contributed by atoms with van der Waals surface area (Å²) in [5, 5.41) is 3.69. The second kappa shape index (κ2) is 10.7. The number of hydrogen-bond donors (Lipinski definition) is 1. The molecule has 0 saturated heterocycles. The third-order valence-electron chi connectivity index (χ3n) is 5.23. The fourth-order valence-electron chi connectivity index (χ4n) is 3.67. The second-order valence-electron chi connectivity index (χ2n) is 7.55. The summed E-state index contributed by atoms with van der Waals surface area (Å²) >= 11 is 0. The first-order valence-electron chi connectivity index (χ1n) is 11.3. The van der Waals surface area contributed by atoms with Gasteiger partial charge < -0.3 is 14.8 Å². The second-order valence-corrected chi connectivity index (χ2v) is 7.55. The molecule has 0 aliphatic rings. The lowest BCUT2D eigenvalue weighted by Crippen LogP contribution is -2.12. The average Bonchev–Trinajstić information content (AvgIpc) is 2.85. The molecule has 0 aliphatic heterocycles. The van der Waals surface area contributed by atoms with E-state index < -0.39 is 0 Å². The van der Waals surface area contributed by atoms with E-state index in [0.717, 1.165) is 22.4 Å². The van der Waals surface area contributed by atoms with Crippen LogP contribution >= 0.6 is 0 Å². The van der Waals surface area contributed by atoms with E-state index in [0.29, 0.717) is 42.3 Å². The van der Waals surface area contributed by atoms with Crippen LogP contribution in [0.15, 0.2) is 66.7 Å². The molecular weight excluding hydrogens is 433 g/mol. The van der Waals surface area contributed by atoms with Crippen LogP contribution < -0.4 is 10.1 Å². The molecule has 7 heteroatoms. The zero-order valence-electron chi connectivity index (χ0n) is 19.2. The number of carbonyl (C=O) groups excluding carboxylic acids is 1. The zero-order valence-corrected chi connectivity index (χ0v) is 19.2. The first-order chi connectivity index (χ1) is 16.6. The van der Waals surface area contributed by atoms with Gasteiger partial charge in [-0.2, -0.15) is 0 Å². The Bertz CT molecular complexity index is 1290. The largest absolute Gasteiger partial charge is 0.493 e. The summed E-state index contributed by atoms with van der Waals surface area (Å²) in [7, 11) is 0. The van der Waals surface area contributed by atoms with Crippen LogP contribution in [-0.4, -0.2) is 35.7 Å². The number of nitrogens with zero attached hydrogens (tertiary/aromatic N) is 2. The molecule has 0 fully saturated rings. The highest BCUT2D eigenvalue weighted by Gasteiger charge is 2.12. The average molecular weight is 460 g/mol. The molecule has 3 aromatic carbocycles. The van der Waals surface area contributed by atoms with Crippen molar-refractivity contribution in [3.05, 3.63) is 72.5 Å². The molecule has 0 aliphatic carbocycles. The third-order valence-corrected chi connectivity index (χ3v) is 5.23. The van der Waals surface area contributed by atoms with Crippen molar-refractivity contribution in [1.29, 1.82) is 0 Å². The minimum atomic E-state index is -0.380. The molecule has 1 N–H and O–H groups in total. The SMILES string of the molecule is CCOC(=O)CCNc1nc(-c2ccc(-c3ccccc3OCC)cc2)nc2ccc(F)cc12. The fourth-order valence-corrected chi connectivity index (χ4v) is 3.67. The molecule has 34 heavy (non-hydrogen) atoms. The summed E-state index contributed by atoms with van der Waals surface area (Å²) in [6, 6.07) is 20.2. The molecule has 0 atom stereocenters. The number of ether oxygens (including phenoxy) is 2. The number of esters is 1. The predicted octanol–water partition coefficient (Wildman–Crippen LogP) is 5.87. The van der Waals surface area contributed by atoms with Crippen LogP contribution in [0.5, 0.6) is 5.75 Å². The Labute approximate surface area is 197 Å². The normalized spacial score (nSPS) is 10.8. The van der Waals surface area contributed by atoms with E-state index in [1.54, 1.807) is 13.0 Å². The topological polar surface area (TPSA) is 73.3 Å². The van der Waals surface area contributed by atoms with Crippen molar-refractivity contribution in [2.24, 2.45) is 0 Å². The molecule has 0 radical (unpaired) electrons. The standard InChI is InChI=1S/C27H26FN3O3/c1-3-33-24-8-6-5-7-21(24)18-9-11-19(12-10-18)26-30-23-14-13-20(28)17-22(23)27(31-26)29-16-15-25(32)34-4-2/h5-14,17H,3-4,15-16H2,1-2H3,(H,29,30,31). The molecule has 6 nitrogen and oxygen atoms in total. The van der Waals surface area contributed by atoms with Gasteiger partial charge in [0.25, 0.3) is 0 Å². The van der Waals surface area contributed by atoms with E-state index in [1.165, 1.54) is 12.1 Å². The number of halogens is 1. The van der Waals surface area contributed by atoms with Crippen molar-refractivity contribution in [2.45, 2.75) is 20.3 Å². The van der Waals surface area contributed by atoms with Crippen molar-refractivity contribution in [1.82, 2.24) is 9.97 Å². The van der Waals surface area contributed by atoms with Crippen molar-refractivity contribution in [3.63, 3.8) is 0 Å². The van der Waals surface area contributed by atoms with Crippen molar-refractivity contribution in [3.8, 4) is 28.3 Å². The molecule has 0 spiro atoms. The third kappa shape index (κ3) is 5.31. The Balaban J connectivity index is 1.65. The lowest BCUT2D eigenvalue weighted by molar-refractivity contribution is -0.142. The Kier molecular flexibility index (Phi) is 7.32. The maximum Gasteiger partial charge on any atom is 0.307 e. The number of nitrogens with one attached hydrogen (secondary N) is 1. The van der Waals surface area contributed by atoms with Crippen molar-refractivity contribution in [2.75, 3.05) is 25.1 Å². The van der Waals surface area contributed by atoms with E-state index in [1.807, 2.05) is 55.5 Å². The number of carbonyl (C=O) groups is 1. The molecule has 1 aromatic heterocycles. The Hall–Kier alpha value is -4.00. The van der Waals surface area contributed by atoms with E-state index in [9.17, 15) is 9.18 Å². The van der Waals surface area contributed by atoms with Gasteiger partial charge in [0.15, 0.2) is 5.82 Å². The fraction of sp³-hybridized carbons (Fsp3) is 0.222. The number of para-hydroxylation sites is 1. The lowest BCUT2D eigenvalue weighted by Gasteiger charge is -2.12. The summed E-state index contributed by atoms with van der Waals surface area (Å²) in [4.78, 5) is 21.0. The smallest absolute Gasteiger partial charge is 0.307 e. The summed E-state index contributed by atoms with van der Waals surface area (Å²) in [5.41, 5.74) is 3.45. The minimum Gasteiger partial charge on any atom is -0.493 e. The molecule has 174 valence electrons. The summed E-state index contributed by atoms with van der Waals surface area (Å²) in [6.45, 7) is 4.95. The van der Waals surface area contributed by atoms with Crippen LogP contribution in [0.1, 0.15) is 20.3 Å². The minimum absolute atomic E-state index is 0.178. The van der Waals surface area contributed by atoms with E-state index in [-0.39, 0.29) is 18.2 Å². The number of anilines is 1. The monoisotopic (exact) mass is 459 g/mol. The lowest BCUT2D eigenvalue weighted by atomic mass is 10.0. The van der Waals surface area contributed by atoms with Gasteiger partial charge in [-0.05, 0) is 43.7 Å². The van der Waals surface area contributed by atoms with Gasteiger partial charge in [0.05, 0.1) is 25.2 Å². The molecule has 0 saturated carbocycles. The number of aromatic nitrogens is 2. The van der Waals surface area contributed by atoms with Crippen LogP contribution in [0.3, 0.4) is 0 Å². The van der Waals surface area contributed by atoms with Crippen LogP contribution in [0.25, 0.3) is 33.4 Å². The van der Waals surface area contributed by atoms with Gasteiger partial charge in [-0.1, -0.05) is 42.5 Å². The van der Waals surface area contributed by atoms with E-state index in [4.69, 9.17) is 9.47 Å². The zero-order chi connectivity index (χ0) is 23.9. The summed E-state index contributed by atoms with van der Waals surface area (Å²) in [6.07, 6.45) is 0.178. The van der Waals surface area contributed by atoms with Gasteiger partial charge in [0.1, 0.15) is 17.4 Å². The number of hydrogen-bond acceptors (Lipinski definition) is 6. The van der Waals surface area contributed by atoms with Gasteiger partial charge in [0.2, 0.25) is 0 Å². The maximum atomic E-state index is 13.9. The first-order valence-corrected chi connectivity index (χ1v) is 11.3. The number of rotatable bonds is 9. The van der Waals surface area contributed by atoms with Crippen LogP contribution in [0.2, 0.25) is 0 Å². The number of benzene rings is 3. The number of fused-ring (bicyclic) bond motifs is 1. The first kappa shape index (κ1) is 23.2. The molecule has 1 heterocycles. The predicted molar refractivity (Wildman–Crippen MR) is 131 cm³/mol. The van der Waals surface area contributed by atoms with Gasteiger partial charge >= 0.3 is 5.97 Å². The Morgan fingerprint density at radius 3 is 2.47 bits per heavy atom. The highest BCUT2D eigenvalue weighted by Crippen LogP contribution is 2.32. The highest BCUT2D eigenvalue weighted by atomic mass is 19.1. The van der Waals surface area contributed by atoms with Gasteiger partial charge in [-0.15, -0.1) is 0 Å². The molecule has 4 rings (SSSR count). The van der Waals surface area contributed by atoms with Crippen molar-refractivity contribution >= 4 is 22.7 Å². The Morgan fingerprint density at radius 2 is 1.71 bits per heavy atom. The molecule has 0 bridgehead atoms. The van der Waals surface area contributed by atoms with Crippen LogP contribution in [-0.2, 0) is 9.53 Å². The Morgan fingerprint density at radius 1 is 0.941 bits per heavy atom. The quantitative estimate of drug-likeness (QED) is 0.316. The highest BCUT2D eigenvalue weighted by molar-refractivity contribution is 5.91. The van der Waals surface area contributed by atoms with E-state index >= 15 is 0 Å². The van der Waals surface area contributed by atoms with Gasteiger partial charge in [0, 0.05) is 23.1 Å². The molecule has 4 aromatic rings. The molecule has 0 amide bonds. The van der Waals surface area contributed by atoms with Crippen LogP contribution in [0, 0.1) is 5.82 Å².